The molecular formula is C13H18N4O4. The molecule has 21 heavy (non-hydrogen) atoms. The Labute approximate surface area is 121 Å². The summed E-state index contributed by atoms with van der Waals surface area (Å²) >= 11 is 0. The summed E-state index contributed by atoms with van der Waals surface area (Å²) in [5.41, 5.74) is -1.18. The van der Waals surface area contributed by atoms with E-state index in [4.69, 9.17) is 0 Å². The van der Waals surface area contributed by atoms with Gasteiger partial charge in [0.2, 0.25) is 5.91 Å². The molecule has 0 unspecified atom stereocenters. The van der Waals surface area contributed by atoms with Crippen LogP contribution in [0.4, 0.5) is 0 Å². The molecule has 2 heterocycles. The Hall–Kier alpha value is -2.06. The van der Waals surface area contributed by atoms with E-state index in [-0.39, 0.29) is 43.6 Å². The summed E-state index contributed by atoms with van der Waals surface area (Å²) in [4.78, 5) is 32.1. The predicted molar refractivity (Wildman–Crippen MR) is 72.2 cm³/mol. The summed E-state index contributed by atoms with van der Waals surface area (Å²) < 4.78 is 0. The van der Waals surface area contributed by atoms with E-state index in [1.54, 1.807) is 0 Å². The van der Waals surface area contributed by atoms with Gasteiger partial charge in [-0.1, -0.05) is 0 Å². The molecule has 1 aromatic rings. The molecule has 0 spiro atoms. The summed E-state index contributed by atoms with van der Waals surface area (Å²) in [5.74, 6) is -0.604. The van der Waals surface area contributed by atoms with Crippen molar-refractivity contribution in [1.82, 2.24) is 20.2 Å². The molecule has 114 valence electrons. The van der Waals surface area contributed by atoms with Crippen LogP contribution in [0.15, 0.2) is 18.6 Å². The standard InChI is InChI=1S/C13H18N4O4/c1-9(18)15-7-13(21)3-5-17(6-11(13)19)12(20)10-2-4-14-8-16-10/h2,4,8,11,19,21H,3,5-7H2,1H3,(H,15,18)/t11-,13-/m1/s1. The van der Waals surface area contributed by atoms with Gasteiger partial charge in [-0.2, -0.15) is 0 Å². The SMILES string of the molecule is CC(=O)NC[C@]1(O)CCN(C(=O)c2ccncn2)C[C@H]1O. The van der Waals surface area contributed by atoms with Crippen molar-refractivity contribution in [2.45, 2.75) is 25.0 Å². The molecule has 0 radical (unpaired) electrons. The lowest BCUT2D eigenvalue weighted by Gasteiger charge is -2.41. The third-order valence-corrected chi connectivity index (χ3v) is 3.56. The minimum Gasteiger partial charge on any atom is -0.388 e. The predicted octanol–water partition coefficient (Wildman–Crippen LogP) is -1.45. The second-order valence-electron chi connectivity index (χ2n) is 5.12. The van der Waals surface area contributed by atoms with E-state index in [9.17, 15) is 19.8 Å². The number of rotatable bonds is 3. The summed E-state index contributed by atoms with van der Waals surface area (Å²) in [7, 11) is 0. The average molecular weight is 294 g/mol. The molecule has 0 aliphatic carbocycles. The lowest BCUT2D eigenvalue weighted by atomic mass is 9.88. The van der Waals surface area contributed by atoms with Gasteiger partial charge in [0.15, 0.2) is 0 Å². The maximum Gasteiger partial charge on any atom is 0.272 e. The zero-order valence-electron chi connectivity index (χ0n) is 11.7. The number of hydrogen-bond acceptors (Lipinski definition) is 6. The van der Waals surface area contributed by atoms with Gasteiger partial charge in [-0.3, -0.25) is 9.59 Å². The fourth-order valence-electron chi connectivity index (χ4n) is 2.21. The van der Waals surface area contributed by atoms with Crippen LogP contribution in [-0.2, 0) is 4.79 Å². The molecule has 0 bridgehead atoms. The van der Waals surface area contributed by atoms with Crippen LogP contribution < -0.4 is 5.32 Å². The molecule has 1 aliphatic heterocycles. The van der Waals surface area contributed by atoms with E-state index in [1.165, 1.54) is 30.4 Å². The molecule has 1 fully saturated rings. The molecule has 0 saturated carbocycles. The van der Waals surface area contributed by atoms with Crippen molar-refractivity contribution in [3.8, 4) is 0 Å². The summed E-state index contributed by atoms with van der Waals surface area (Å²) in [5, 5.41) is 22.9. The third kappa shape index (κ3) is 3.53. The van der Waals surface area contributed by atoms with Crippen LogP contribution in [-0.4, -0.2) is 68.2 Å². The highest BCUT2D eigenvalue weighted by atomic mass is 16.3. The molecule has 1 aliphatic rings. The highest BCUT2D eigenvalue weighted by Gasteiger charge is 2.42. The Bertz CT molecular complexity index is 524. The zero-order valence-corrected chi connectivity index (χ0v) is 11.7. The quantitative estimate of drug-likeness (QED) is 0.628. The number of carbonyl (C=O) groups excluding carboxylic acids is 2. The van der Waals surface area contributed by atoms with Gasteiger partial charge in [0.25, 0.3) is 5.91 Å². The topological polar surface area (TPSA) is 116 Å². The molecule has 1 aromatic heterocycles. The van der Waals surface area contributed by atoms with Gasteiger partial charge in [0.05, 0.1) is 0 Å². The minimum absolute atomic E-state index is 0.0150. The zero-order chi connectivity index (χ0) is 15.5. The first kappa shape index (κ1) is 15.3. The van der Waals surface area contributed by atoms with Gasteiger partial charge in [-0.25, -0.2) is 9.97 Å². The molecular weight excluding hydrogens is 276 g/mol. The number of nitrogens with one attached hydrogen (secondary N) is 1. The van der Waals surface area contributed by atoms with Crippen LogP contribution in [0.3, 0.4) is 0 Å². The van der Waals surface area contributed by atoms with Crippen LogP contribution in [0.25, 0.3) is 0 Å². The van der Waals surface area contributed by atoms with E-state index < -0.39 is 11.7 Å². The number of nitrogens with zero attached hydrogens (tertiary/aromatic N) is 3. The van der Waals surface area contributed by atoms with Crippen molar-refractivity contribution in [2.75, 3.05) is 19.6 Å². The number of aromatic nitrogens is 2. The fourth-order valence-corrected chi connectivity index (χ4v) is 2.21. The molecule has 8 nitrogen and oxygen atoms in total. The molecule has 2 atom stereocenters. The van der Waals surface area contributed by atoms with E-state index in [2.05, 4.69) is 15.3 Å². The first-order chi connectivity index (χ1) is 9.92. The molecule has 2 rings (SSSR count). The summed E-state index contributed by atoms with van der Waals surface area (Å²) in [6, 6.07) is 1.49. The summed E-state index contributed by atoms with van der Waals surface area (Å²) in [6.07, 6.45) is 1.78. The average Bonchev–Trinajstić information content (AvgIpc) is 2.48. The van der Waals surface area contributed by atoms with Gasteiger partial charge in [-0.05, 0) is 12.5 Å². The van der Waals surface area contributed by atoms with E-state index in [0.29, 0.717) is 0 Å². The number of aliphatic hydroxyl groups is 2. The van der Waals surface area contributed by atoms with Crippen LogP contribution in [0.5, 0.6) is 0 Å². The molecule has 0 aromatic carbocycles. The minimum atomic E-state index is -1.42. The monoisotopic (exact) mass is 294 g/mol. The number of carbonyl (C=O) groups is 2. The normalized spacial score (nSPS) is 25.5. The third-order valence-electron chi connectivity index (χ3n) is 3.56. The van der Waals surface area contributed by atoms with Crippen LogP contribution in [0, 0.1) is 0 Å². The highest BCUT2D eigenvalue weighted by Crippen LogP contribution is 2.23. The van der Waals surface area contributed by atoms with Crippen molar-refractivity contribution in [2.24, 2.45) is 0 Å². The van der Waals surface area contributed by atoms with Gasteiger partial charge >= 0.3 is 0 Å². The largest absolute Gasteiger partial charge is 0.388 e. The second kappa shape index (κ2) is 6.15. The Kier molecular flexibility index (Phi) is 4.49. The Morgan fingerprint density at radius 3 is 2.90 bits per heavy atom. The Morgan fingerprint density at radius 1 is 1.57 bits per heavy atom. The highest BCUT2D eigenvalue weighted by molar-refractivity contribution is 5.92. The van der Waals surface area contributed by atoms with Gasteiger partial charge in [0, 0.05) is 32.8 Å². The first-order valence-electron chi connectivity index (χ1n) is 6.62. The van der Waals surface area contributed by atoms with E-state index >= 15 is 0 Å². The summed E-state index contributed by atoms with van der Waals surface area (Å²) in [6.45, 7) is 1.55. The first-order valence-corrected chi connectivity index (χ1v) is 6.62. The van der Waals surface area contributed by atoms with Gasteiger partial charge in [-0.15, -0.1) is 0 Å². The smallest absolute Gasteiger partial charge is 0.272 e. The number of likely N-dealkylation sites (tertiary alicyclic amines) is 1. The van der Waals surface area contributed by atoms with Crippen molar-refractivity contribution >= 4 is 11.8 Å². The lowest BCUT2D eigenvalue weighted by Crippen LogP contribution is -2.61. The van der Waals surface area contributed by atoms with Crippen molar-refractivity contribution < 1.29 is 19.8 Å². The van der Waals surface area contributed by atoms with Crippen LogP contribution in [0.2, 0.25) is 0 Å². The fraction of sp³-hybridized carbons (Fsp3) is 0.538. The molecule has 2 amide bonds. The maximum atomic E-state index is 12.2. The molecule has 8 heteroatoms. The lowest BCUT2D eigenvalue weighted by molar-refractivity contribution is -0.127. The number of hydrogen-bond donors (Lipinski definition) is 3. The Morgan fingerprint density at radius 2 is 2.33 bits per heavy atom. The second-order valence-corrected chi connectivity index (χ2v) is 5.12. The van der Waals surface area contributed by atoms with Crippen molar-refractivity contribution in [3.05, 3.63) is 24.3 Å². The van der Waals surface area contributed by atoms with Crippen molar-refractivity contribution in [3.63, 3.8) is 0 Å². The molecule has 1 saturated heterocycles. The van der Waals surface area contributed by atoms with Crippen LogP contribution in [0.1, 0.15) is 23.8 Å². The van der Waals surface area contributed by atoms with Crippen LogP contribution >= 0.6 is 0 Å². The van der Waals surface area contributed by atoms with Gasteiger partial charge in [0.1, 0.15) is 23.7 Å². The number of amides is 2. The number of aliphatic hydroxyl groups excluding tert-OH is 1. The number of β-amino-alcohol motifs (C(OH)–C–C–N with tert-alkyl or cyclic N) is 1. The molecule has 3 N–H and O–H groups in total. The number of piperidine rings is 1. The van der Waals surface area contributed by atoms with E-state index in [0.717, 1.165) is 0 Å². The van der Waals surface area contributed by atoms with Gasteiger partial charge < -0.3 is 20.4 Å². The van der Waals surface area contributed by atoms with Crippen molar-refractivity contribution in [1.29, 1.82) is 0 Å². The van der Waals surface area contributed by atoms with E-state index in [1.807, 2.05) is 0 Å². The Balaban J connectivity index is 2.00. The maximum absolute atomic E-state index is 12.2.